The maximum absolute atomic E-state index is 10.5. The van der Waals surface area contributed by atoms with Gasteiger partial charge < -0.3 is 15.2 Å². The molecule has 0 saturated carbocycles. The molecule has 0 aliphatic carbocycles. The van der Waals surface area contributed by atoms with Crippen LogP contribution in [0.5, 0.6) is 0 Å². The molecule has 16 heavy (non-hydrogen) atoms. The van der Waals surface area contributed by atoms with E-state index >= 15 is 0 Å². The Labute approximate surface area is 95.8 Å². The molecule has 1 amide bonds. The van der Waals surface area contributed by atoms with E-state index in [0.717, 1.165) is 18.9 Å². The summed E-state index contributed by atoms with van der Waals surface area (Å²) >= 11 is 0. The van der Waals surface area contributed by atoms with Crippen LogP contribution in [0.15, 0.2) is 25.3 Å². The van der Waals surface area contributed by atoms with E-state index < -0.39 is 5.97 Å². The van der Waals surface area contributed by atoms with Crippen LogP contribution in [0.1, 0.15) is 19.8 Å². The molecule has 0 atom stereocenters. The monoisotopic (exact) mass is 229 g/mol. The number of carboxylic acids is 1. The van der Waals surface area contributed by atoms with Gasteiger partial charge in [-0.3, -0.25) is 4.79 Å². The minimum atomic E-state index is -0.981. The van der Waals surface area contributed by atoms with E-state index in [1.165, 1.54) is 6.08 Å². The summed E-state index contributed by atoms with van der Waals surface area (Å²) < 4.78 is 5.07. The van der Waals surface area contributed by atoms with E-state index in [9.17, 15) is 9.59 Å². The molecule has 2 N–H and O–H groups in total. The molecular weight excluding hydrogens is 210 g/mol. The van der Waals surface area contributed by atoms with Crippen LogP contribution in [-0.2, 0) is 14.3 Å². The van der Waals surface area contributed by atoms with Crippen LogP contribution < -0.4 is 5.32 Å². The van der Waals surface area contributed by atoms with Crippen molar-refractivity contribution in [2.24, 2.45) is 0 Å². The maximum Gasteiger partial charge on any atom is 0.327 e. The molecule has 0 aromatic heterocycles. The van der Waals surface area contributed by atoms with E-state index in [2.05, 4.69) is 25.4 Å². The zero-order chi connectivity index (χ0) is 12.8. The lowest BCUT2D eigenvalue weighted by Gasteiger charge is -2.02. The summed E-state index contributed by atoms with van der Waals surface area (Å²) in [5, 5.41) is 10.1. The Bertz CT molecular complexity index is 226. The van der Waals surface area contributed by atoms with Gasteiger partial charge in [-0.25, -0.2) is 4.79 Å². The Hall–Kier alpha value is -1.62. The highest BCUT2D eigenvalue weighted by molar-refractivity contribution is 5.86. The van der Waals surface area contributed by atoms with Crippen molar-refractivity contribution in [2.45, 2.75) is 19.8 Å². The second-order valence-electron chi connectivity index (χ2n) is 2.69. The van der Waals surface area contributed by atoms with Crippen molar-refractivity contribution < 1.29 is 19.4 Å². The van der Waals surface area contributed by atoms with Crippen LogP contribution in [0, 0.1) is 0 Å². The van der Waals surface area contributed by atoms with Gasteiger partial charge in [-0.2, -0.15) is 0 Å². The van der Waals surface area contributed by atoms with Crippen LogP contribution in [-0.4, -0.2) is 30.3 Å². The molecule has 0 fully saturated rings. The molecule has 0 radical (unpaired) electrons. The number of rotatable bonds is 7. The Morgan fingerprint density at radius 1 is 1.38 bits per heavy atom. The van der Waals surface area contributed by atoms with E-state index in [0.29, 0.717) is 6.61 Å². The molecule has 5 heteroatoms. The molecule has 0 aromatic carbocycles. The van der Waals surface area contributed by atoms with Gasteiger partial charge in [0.2, 0.25) is 5.91 Å². The normalized spacial score (nSPS) is 8.31. The number of amides is 1. The predicted molar refractivity (Wildman–Crippen MR) is 61.9 cm³/mol. The van der Waals surface area contributed by atoms with E-state index in [4.69, 9.17) is 9.84 Å². The molecule has 0 aliphatic heterocycles. The van der Waals surface area contributed by atoms with Crippen molar-refractivity contribution in [3.05, 3.63) is 25.3 Å². The second-order valence-corrected chi connectivity index (χ2v) is 2.69. The summed E-state index contributed by atoms with van der Waals surface area (Å²) in [7, 11) is 0. The number of nitrogens with one attached hydrogen (secondary N) is 1. The lowest BCUT2D eigenvalue weighted by molar-refractivity contribution is -0.131. The third-order valence-corrected chi connectivity index (χ3v) is 1.35. The van der Waals surface area contributed by atoms with Gasteiger partial charge in [0.25, 0.3) is 0 Å². The van der Waals surface area contributed by atoms with Gasteiger partial charge in [0, 0.05) is 12.7 Å². The average molecular weight is 229 g/mol. The molecule has 0 unspecified atom stereocenters. The van der Waals surface area contributed by atoms with Crippen molar-refractivity contribution in [1.82, 2.24) is 5.32 Å². The number of carbonyl (C=O) groups is 2. The van der Waals surface area contributed by atoms with Gasteiger partial charge >= 0.3 is 5.97 Å². The molecule has 0 rings (SSSR count). The van der Waals surface area contributed by atoms with Crippen molar-refractivity contribution in [3.63, 3.8) is 0 Å². The van der Waals surface area contributed by atoms with Gasteiger partial charge in [0.1, 0.15) is 6.73 Å². The van der Waals surface area contributed by atoms with Crippen molar-refractivity contribution in [2.75, 3.05) is 13.3 Å². The molecule has 0 aromatic rings. The van der Waals surface area contributed by atoms with Gasteiger partial charge in [-0.05, 0) is 12.5 Å². The third-order valence-electron chi connectivity index (χ3n) is 1.35. The Balaban J connectivity index is 0. The molecule has 0 spiro atoms. The first kappa shape index (κ1) is 16.8. The summed E-state index contributed by atoms with van der Waals surface area (Å²) in [5.74, 6) is -1.17. The summed E-state index contributed by atoms with van der Waals surface area (Å²) in [4.78, 5) is 19.8. The molecular formula is C11H19NO4. The lowest BCUT2D eigenvalue weighted by atomic mass is 10.4. The largest absolute Gasteiger partial charge is 0.478 e. The fourth-order valence-corrected chi connectivity index (χ4v) is 0.513. The fraction of sp³-hybridized carbons (Fsp3) is 0.455. The Morgan fingerprint density at radius 3 is 2.31 bits per heavy atom. The maximum atomic E-state index is 10.5. The van der Waals surface area contributed by atoms with Crippen molar-refractivity contribution in [1.29, 1.82) is 0 Å². The quantitative estimate of drug-likeness (QED) is 0.392. The molecule has 5 nitrogen and oxygen atoms in total. The third kappa shape index (κ3) is 18.2. The summed E-state index contributed by atoms with van der Waals surface area (Å²) in [6, 6.07) is 0. The van der Waals surface area contributed by atoms with Crippen LogP contribution >= 0.6 is 0 Å². The highest BCUT2D eigenvalue weighted by Gasteiger charge is 1.90. The van der Waals surface area contributed by atoms with Crippen molar-refractivity contribution in [3.8, 4) is 0 Å². The Morgan fingerprint density at radius 2 is 1.94 bits per heavy atom. The first-order valence-electron chi connectivity index (χ1n) is 4.91. The highest BCUT2D eigenvalue weighted by Crippen LogP contribution is 1.85. The number of aliphatic carboxylic acids is 1. The number of carbonyl (C=O) groups excluding carboxylic acids is 1. The molecule has 0 saturated heterocycles. The first-order valence-corrected chi connectivity index (χ1v) is 4.91. The zero-order valence-electron chi connectivity index (χ0n) is 9.57. The minimum absolute atomic E-state index is 0.193. The Kier molecular flexibility index (Phi) is 14.0. The van der Waals surface area contributed by atoms with Crippen molar-refractivity contribution >= 4 is 11.9 Å². The number of carboxylic acid groups (broad SMARTS) is 1. The smallest absolute Gasteiger partial charge is 0.327 e. The second kappa shape index (κ2) is 13.4. The topological polar surface area (TPSA) is 75.6 Å². The zero-order valence-corrected chi connectivity index (χ0v) is 9.57. The standard InChI is InChI=1S/C8H15NO2.C3H4O2/c1-3-5-6-11-7-9-8(10)4-2;1-2-3(4)5/h4H,2-3,5-7H2,1H3,(H,9,10);2H,1H2,(H,4,5). The molecule has 0 heterocycles. The van der Waals surface area contributed by atoms with Crippen LogP contribution in [0.3, 0.4) is 0 Å². The van der Waals surface area contributed by atoms with Gasteiger partial charge in [0.15, 0.2) is 0 Å². The van der Waals surface area contributed by atoms with Gasteiger partial charge in [0.05, 0.1) is 0 Å². The average Bonchev–Trinajstić information content (AvgIpc) is 2.29. The lowest BCUT2D eigenvalue weighted by Crippen LogP contribution is -2.23. The summed E-state index contributed by atoms with van der Waals surface area (Å²) in [6.45, 7) is 9.34. The van der Waals surface area contributed by atoms with Crippen LogP contribution in [0.4, 0.5) is 0 Å². The minimum Gasteiger partial charge on any atom is -0.478 e. The van der Waals surface area contributed by atoms with E-state index in [1.807, 2.05) is 0 Å². The summed E-state index contributed by atoms with van der Waals surface area (Å²) in [6.07, 6.45) is 4.20. The summed E-state index contributed by atoms with van der Waals surface area (Å²) in [5.41, 5.74) is 0. The number of unbranched alkanes of at least 4 members (excludes halogenated alkanes) is 1. The fourth-order valence-electron chi connectivity index (χ4n) is 0.513. The van der Waals surface area contributed by atoms with Crippen LogP contribution in [0.2, 0.25) is 0 Å². The SMILES string of the molecule is C=CC(=O)NCOCCCC.C=CC(=O)O. The van der Waals surface area contributed by atoms with Gasteiger partial charge in [-0.15, -0.1) is 0 Å². The van der Waals surface area contributed by atoms with Gasteiger partial charge in [-0.1, -0.05) is 26.5 Å². The van der Waals surface area contributed by atoms with E-state index in [-0.39, 0.29) is 12.6 Å². The highest BCUT2D eigenvalue weighted by atomic mass is 16.5. The molecule has 0 aliphatic rings. The molecule has 0 bridgehead atoms. The molecule has 92 valence electrons. The number of hydrogen-bond acceptors (Lipinski definition) is 3. The number of ether oxygens (including phenoxy) is 1. The number of hydrogen-bond donors (Lipinski definition) is 2. The van der Waals surface area contributed by atoms with E-state index in [1.54, 1.807) is 0 Å². The first-order chi connectivity index (χ1) is 7.58. The predicted octanol–water partition coefficient (Wildman–Crippen LogP) is 1.32. The van der Waals surface area contributed by atoms with Crippen LogP contribution in [0.25, 0.3) is 0 Å².